The Morgan fingerprint density at radius 2 is 2.35 bits per heavy atom. The molecule has 0 saturated carbocycles. The summed E-state index contributed by atoms with van der Waals surface area (Å²) >= 11 is 6.14. The molecule has 2 atom stereocenters. The second kappa shape index (κ2) is 5.83. The number of ether oxygens (including phenoxy) is 1. The van der Waals surface area contributed by atoms with Crippen molar-refractivity contribution in [3.63, 3.8) is 0 Å². The molecule has 0 amide bonds. The zero-order chi connectivity index (χ0) is 12.3. The molecule has 4 heteroatoms. The lowest BCUT2D eigenvalue weighted by Gasteiger charge is -2.23. The summed E-state index contributed by atoms with van der Waals surface area (Å²) in [6, 6.07) is 6.04. The van der Waals surface area contributed by atoms with Crippen LogP contribution in [0.3, 0.4) is 0 Å². The van der Waals surface area contributed by atoms with Crippen molar-refractivity contribution in [3.05, 3.63) is 34.3 Å². The molecule has 94 valence electrons. The molecular weight excluding hydrogens is 238 g/mol. The molecule has 1 fully saturated rings. The Labute approximate surface area is 107 Å². The molecule has 2 N–H and O–H groups in total. The van der Waals surface area contributed by atoms with Gasteiger partial charge in [0.2, 0.25) is 0 Å². The largest absolute Gasteiger partial charge is 0.394 e. The Hall–Kier alpha value is -0.610. The number of aliphatic hydroxyl groups excluding tert-OH is 1. The third-order valence-electron chi connectivity index (χ3n) is 3.23. The van der Waals surface area contributed by atoms with E-state index in [0.29, 0.717) is 6.61 Å². The molecule has 1 aliphatic heterocycles. The molecule has 1 aromatic carbocycles. The summed E-state index contributed by atoms with van der Waals surface area (Å²) in [4.78, 5) is 0. The van der Waals surface area contributed by atoms with Crippen LogP contribution in [0, 0.1) is 6.92 Å². The molecular formula is C13H18ClNO2. The van der Waals surface area contributed by atoms with Gasteiger partial charge in [0.1, 0.15) is 0 Å². The molecule has 0 bridgehead atoms. The maximum absolute atomic E-state index is 9.39. The SMILES string of the molecule is Cc1ccc(C2CNCCOC2CO)cc1Cl. The number of benzene rings is 1. The van der Waals surface area contributed by atoms with Gasteiger partial charge in [-0.1, -0.05) is 23.7 Å². The third-order valence-corrected chi connectivity index (χ3v) is 3.63. The highest BCUT2D eigenvalue weighted by atomic mass is 35.5. The Morgan fingerprint density at radius 1 is 1.53 bits per heavy atom. The number of hydrogen-bond donors (Lipinski definition) is 2. The number of hydrogen-bond acceptors (Lipinski definition) is 3. The van der Waals surface area contributed by atoms with Crippen molar-refractivity contribution in [2.24, 2.45) is 0 Å². The van der Waals surface area contributed by atoms with Gasteiger partial charge >= 0.3 is 0 Å². The monoisotopic (exact) mass is 255 g/mol. The van der Waals surface area contributed by atoms with Crippen LogP contribution in [0.2, 0.25) is 5.02 Å². The van der Waals surface area contributed by atoms with Gasteiger partial charge in [-0.3, -0.25) is 0 Å². The lowest BCUT2D eigenvalue weighted by atomic mass is 9.93. The number of nitrogens with one attached hydrogen (secondary N) is 1. The summed E-state index contributed by atoms with van der Waals surface area (Å²) in [5.74, 6) is 0.153. The van der Waals surface area contributed by atoms with Crippen LogP contribution in [0.5, 0.6) is 0 Å². The molecule has 1 aromatic rings. The zero-order valence-corrected chi connectivity index (χ0v) is 10.7. The topological polar surface area (TPSA) is 41.5 Å². The number of halogens is 1. The fourth-order valence-corrected chi connectivity index (χ4v) is 2.33. The average molecular weight is 256 g/mol. The summed E-state index contributed by atoms with van der Waals surface area (Å²) in [6.07, 6.45) is -0.149. The van der Waals surface area contributed by atoms with Crippen LogP contribution in [0.25, 0.3) is 0 Å². The predicted octanol–water partition coefficient (Wildman–Crippen LogP) is 1.71. The van der Waals surface area contributed by atoms with Crippen molar-refractivity contribution in [3.8, 4) is 0 Å². The fourth-order valence-electron chi connectivity index (χ4n) is 2.14. The lowest BCUT2D eigenvalue weighted by molar-refractivity contribution is 0.0108. The van der Waals surface area contributed by atoms with Crippen LogP contribution in [-0.2, 0) is 4.74 Å². The molecule has 0 spiro atoms. The van der Waals surface area contributed by atoms with E-state index in [1.807, 2.05) is 19.1 Å². The highest BCUT2D eigenvalue weighted by molar-refractivity contribution is 6.31. The van der Waals surface area contributed by atoms with E-state index in [1.165, 1.54) is 0 Å². The van der Waals surface area contributed by atoms with Gasteiger partial charge in [0.25, 0.3) is 0 Å². The van der Waals surface area contributed by atoms with Crippen molar-refractivity contribution in [2.45, 2.75) is 18.9 Å². The van der Waals surface area contributed by atoms with Gasteiger partial charge in [-0.15, -0.1) is 0 Å². The molecule has 0 radical (unpaired) electrons. The van der Waals surface area contributed by atoms with Crippen LogP contribution in [-0.4, -0.2) is 37.5 Å². The Kier molecular flexibility index (Phi) is 4.40. The highest BCUT2D eigenvalue weighted by Crippen LogP contribution is 2.26. The van der Waals surface area contributed by atoms with Gasteiger partial charge in [0.15, 0.2) is 0 Å². The minimum absolute atomic E-state index is 0.0395. The van der Waals surface area contributed by atoms with Gasteiger partial charge in [-0.05, 0) is 24.1 Å². The van der Waals surface area contributed by atoms with Crippen molar-refractivity contribution < 1.29 is 9.84 Å². The molecule has 1 saturated heterocycles. The van der Waals surface area contributed by atoms with E-state index >= 15 is 0 Å². The van der Waals surface area contributed by atoms with Gasteiger partial charge < -0.3 is 15.2 Å². The molecule has 2 rings (SSSR count). The van der Waals surface area contributed by atoms with Crippen LogP contribution < -0.4 is 5.32 Å². The molecule has 0 aliphatic carbocycles. The number of rotatable bonds is 2. The van der Waals surface area contributed by atoms with Gasteiger partial charge in [-0.25, -0.2) is 0 Å². The predicted molar refractivity (Wildman–Crippen MR) is 68.6 cm³/mol. The smallest absolute Gasteiger partial charge is 0.0886 e. The molecule has 3 nitrogen and oxygen atoms in total. The normalized spacial score (nSPS) is 25.6. The van der Waals surface area contributed by atoms with Crippen LogP contribution in [0.4, 0.5) is 0 Å². The van der Waals surface area contributed by atoms with E-state index in [2.05, 4.69) is 11.4 Å². The third kappa shape index (κ3) is 2.99. The summed E-state index contributed by atoms with van der Waals surface area (Å²) in [6.45, 7) is 4.30. The lowest BCUT2D eigenvalue weighted by Crippen LogP contribution is -2.29. The van der Waals surface area contributed by atoms with Crippen molar-refractivity contribution >= 4 is 11.6 Å². The Bertz CT molecular complexity index is 384. The van der Waals surface area contributed by atoms with Gasteiger partial charge in [-0.2, -0.15) is 0 Å². The van der Waals surface area contributed by atoms with E-state index < -0.39 is 0 Å². The first-order chi connectivity index (χ1) is 8.22. The Morgan fingerprint density at radius 3 is 3.06 bits per heavy atom. The van der Waals surface area contributed by atoms with Crippen molar-refractivity contribution in [2.75, 3.05) is 26.3 Å². The van der Waals surface area contributed by atoms with E-state index in [0.717, 1.165) is 29.2 Å². The highest BCUT2D eigenvalue weighted by Gasteiger charge is 2.25. The van der Waals surface area contributed by atoms with Gasteiger partial charge in [0, 0.05) is 24.0 Å². The fraction of sp³-hybridized carbons (Fsp3) is 0.538. The summed E-state index contributed by atoms with van der Waals surface area (Å²) in [7, 11) is 0. The number of aryl methyl sites for hydroxylation is 1. The van der Waals surface area contributed by atoms with Crippen LogP contribution in [0.1, 0.15) is 17.0 Å². The van der Waals surface area contributed by atoms with E-state index in [9.17, 15) is 5.11 Å². The Balaban J connectivity index is 2.25. The van der Waals surface area contributed by atoms with Crippen LogP contribution in [0.15, 0.2) is 18.2 Å². The molecule has 1 aliphatic rings. The second-order valence-corrected chi connectivity index (χ2v) is 4.82. The number of aliphatic hydroxyl groups is 1. The van der Waals surface area contributed by atoms with Crippen molar-refractivity contribution in [1.29, 1.82) is 0 Å². The maximum atomic E-state index is 9.39. The summed E-state index contributed by atoms with van der Waals surface area (Å²) < 4.78 is 5.63. The first kappa shape index (κ1) is 12.8. The first-order valence-electron chi connectivity index (χ1n) is 5.91. The van der Waals surface area contributed by atoms with E-state index in [4.69, 9.17) is 16.3 Å². The maximum Gasteiger partial charge on any atom is 0.0886 e. The quantitative estimate of drug-likeness (QED) is 0.846. The molecule has 0 aromatic heterocycles. The zero-order valence-electron chi connectivity index (χ0n) is 9.95. The molecule has 2 unspecified atom stereocenters. The molecule has 1 heterocycles. The van der Waals surface area contributed by atoms with E-state index in [1.54, 1.807) is 0 Å². The first-order valence-corrected chi connectivity index (χ1v) is 6.29. The standard InChI is InChI=1S/C13H18ClNO2/c1-9-2-3-10(6-12(9)14)11-7-15-4-5-17-13(11)8-16/h2-3,6,11,13,15-16H,4-5,7-8H2,1H3. The van der Waals surface area contributed by atoms with Gasteiger partial charge in [0.05, 0.1) is 19.3 Å². The van der Waals surface area contributed by atoms with Crippen molar-refractivity contribution in [1.82, 2.24) is 5.32 Å². The van der Waals surface area contributed by atoms with E-state index in [-0.39, 0.29) is 18.6 Å². The molecule has 17 heavy (non-hydrogen) atoms. The minimum Gasteiger partial charge on any atom is -0.394 e. The van der Waals surface area contributed by atoms with Crippen LogP contribution >= 0.6 is 11.6 Å². The minimum atomic E-state index is -0.149. The summed E-state index contributed by atoms with van der Waals surface area (Å²) in [5, 5.41) is 13.5. The average Bonchev–Trinajstić information content (AvgIpc) is 2.57. The second-order valence-electron chi connectivity index (χ2n) is 4.41. The summed E-state index contributed by atoms with van der Waals surface area (Å²) in [5.41, 5.74) is 2.19.